The molecule has 0 aliphatic carbocycles. The lowest BCUT2D eigenvalue weighted by Gasteiger charge is -2.15. The van der Waals surface area contributed by atoms with Crippen LogP contribution in [0.3, 0.4) is 0 Å². The van der Waals surface area contributed by atoms with Gasteiger partial charge in [0, 0.05) is 24.7 Å². The number of nitro benzene ring substituents is 2. The largest absolute Gasteiger partial charge is 0.511 e. The number of nitrogens with zero attached hydrogens (tertiary/aromatic N) is 2. The molecule has 0 unspecified atom stereocenters. The molecule has 0 radical (unpaired) electrons. The van der Waals surface area contributed by atoms with Crippen molar-refractivity contribution in [2.45, 2.75) is 0 Å². The molecule has 0 heterocycles. The topological polar surface area (TPSA) is 177 Å². The van der Waals surface area contributed by atoms with Gasteiger partial charge in [-0.15, -0.1) is 0 Å². The van der Waals surface area contributed by atoms with E-state index in [1.807, 2.05) is 0 Å². The van der Waals surface area contributed by atoms with Crippen LogP contribution in [0.4, 0.5) is 33.2 Å². The Morgan fingerprint density at radius 3 is 2.15 bits per heavy atom. The highest BCUT2D eigenvalue weighted by Crippen LogP contribution is 2.35. The number of hydrogen-bond acceptors (Lipinski definition) is 9. The normalized spacial score (nSPS) is 10.1. The van der Waals surface area contributed by atoms with Gasteiger partial charge in [0.2, 0.25) is 0 Å². The quantitative estimate of drug-likeness (QED) is 0.231. The molecule has 4 N–H and O–H groups in total. The Labute approximate surface area is 151 Å². The van der Waals surface area contributed by atoms with E-state index in [0.29, 0.717) is 5.69 Å². The maximum Gasteiger partial charge on any atom is 0.511 e. The van der Waals surface area contributed by atoms with E-state index in [4.69, 9.17) is 10.2 Å². The number of non-ortho nitro benzene ring substituents is 2. The van der Waals surface area contributed by atoms with Crippen LogP contribution in [0.2, 0.25) is 0 Å². The first-order chi connectivity index (χ1) is 12.8. The molecule has 2 aromatic carbocycles. The molecule has 0 aliphatic rings. The van der Waals surface area contributed by atoms with Crippen molar-refractivity contribution in [2.75, 3.05) is 23.8 Å². The molecule has 0 aliphatic heterocycles. The number of anilines is 3. The number of rotatable bonds is 8. The first-order valence-corrected chi connectivity index (χ1v) is 7.41. The summed E-state index contributed by atoms with van der Waals surface area (Å²) in [6, 6.07) is 7.08. The number of carbonyl (C=O) groups is 1. The fraction of sp³-hybridized carbons (Fsp3) is 0.133. The summed E-state index contributed by atoms with van der Waals surface area (Å²) in [5, 5.41) is 45.2. The summed E-state index contributed by atoms with van der Waals surface area (Å²) in [5.41, 5.74) is -0.0318. The van der Waals surface area contributed by atoms with E-state index >= 15 is 0 Å². The number of nitrogens with one attached hydrogen (secondary N) is 2. The summed E-state index contributed by atoms with van der Waals surface area (Å²) in [7, 11) is 0. The van der Waals surface area contributed by atoms with Crippen molar-refractivity contribution in [2.24, 2.45) is 0 Å². The molecule has 0 spiro atoms. The van der Waals surface area contributed by atoms with E-state index in [9.17, 15) is 25.0 Å². The predicted octanol–water partition coefficient (Wildman–Crippen LogP) is 2.71. The minimum Gasteiger partial charge on any atom is -0.449 e. The second-order valence-corrected chi connectivity index (χ2v) is 5.07. The Morgan fingerprint density at radius 2 is 1.59 bits per heavy atom. The Morgan fingerprint density at radius 1 is 1.00 bits per heavy atom. The highest BCUT2D eigenvalue weighted by Gasteiger charge is 2.17. The van der Waals surface area contributed by atoms with Crippen molar-refractivity contribution in [3.05, 3.63) is 56.6 Å². The molecule has 27 heavy (non-hydrogen) atoms. The van der Waals surface area contributed by atoms with Crippen molar-refractivity contribution in [1.82, 2.24) is 0 Å². The van der Waals surface area contributed by atoms with Crippen molar-refractivity contribution in [1.29, 1.82) is 0 Å². The summed E-state index contributed by atoms with van der Waals surface area (Å²) in [4.78, 5) is 31.4. The first kappa shape index (κ1) is 19.4. The summed E-state index contributed by atoms with van der Waals surface area (Å²) in [6.07, 6.45) is -1.68. The van der Waals surface area contributed by atoms with Crippen LogP contribution >= 0.6 is 0 Å². The van der Waals surface area contributed by atoms with E-state index in [0.717, 1.165) is 12.1 Å². The molecular weight excluding hydrogens is 364 g/mol. The van der Waals surface area contributed by atoms with Crippen LogP contribution in [0.15, 0.2) is 36.4 Å². The fourth-order valence-corrected chi connectivity index (χ4v) is 2.15. The highest BCUT2D eigenvalue weighted by atomic mass is 16.7. The summed E-state index contributed by atoms with van der Waals surface area (Å²) < 4.78 is 4.56. The van der Waals surface area contributed by atoms with Crippen molar-refractivity contribution >= 4 is 34.6 Å². The molecule has 12 nitrogen and oxygen atoms in total. The van der Waals surface area contributed by atoms with Gasteiger partial charge in [-0.25, -0.2) is 4.79 Å². The number of aliphatic hydroxyl groups excluding tert-OH is 1. The third-order valence-corrected chi connectivity index (χ3v) is 3.28. The van der Waals surface area contributed by atoms with Gasteiger partial charge in [-0.05, 0) is 12.1 Å². The van der Waals surface area contributed by atoms with Gasteiger partial charge in [-0.1, -0.05) is 0 Å². The molecule has 2 rings (SSSR count). The molecule has 0 atom stereocenters. The molecule has 12 heteroatoms. The molecule has 142 valence electrons. The number of carboxylic acid groups (broad SMARTS) is 1. The lowest BCUT2D eigenvalue weighted by Crippen LogP contribution is -2.09. The van der Waals surface area contributed by atoms with Crippen LogP contribution in [0.25, 0.3) is 0 Å². The Kier molecular flexibility index (Phi) is 6.06. The lowest BCUT2D eigenvalue weighted by molar-refractivity contribution is -0.385. The molecule has 0 amide bonds. The zero-order valence-electron chi connectivity index (χ0n) is 13.6. The molecule has 0 bridgehead atoms. The van der Waals surface area contributed by atoms with E-state index in [-0.39, 0.29) is 36.0 Å². The monoisotopic (exact) mass is 378 g/mol. The Balaban J connectivity index is 2.47. The van der Waals surface area contributed by atoms with Crippen molar-refractivity contribution in [3.8, 4) is 5.75 Å². The van der Waals surface area contributed by atoms with Crippen LogP contribution in [0.1, 0.15) is 0 Å². The first-order valence-electron chi connectivity index (χ1n) is 7.41. The van der Waals surface area contributed by atoms with E-state index < -0.39 is 21.7 Å². The van der Waals surface area contributed by atoms with Gasteiger partial charge in [0.15, 0.2) is 5.75 Å². The molecule has 0 saturated carbocycles. The summed E-state index contributed by atoms with van der Waals surface area (Å²) in [5.74, 6) is -0.351. The SMILES string of the molecule is O=C(O)Oc1cc([N+](=O)[O-])ccc1Nc1cc([N+](=O)[O-])ccc1NCCO. The number of nitro groups is 2. The zero-order valence-corrected chi connectivity index (χ0v) is 13.6. The van der Waals surface area contributed by atoms with E-state index in [2.05, 4.69) is 15.4 Å². The number of benzene rings is 2. The lowest BCUT2D eigenvalue weighted by atomic mass is 10.2. The number of aliphatic hydroxyl groups is 1. The molecule has 0 aromatic heterocycles. The third kappa shape index (κ3) is 5.02. The Bertz CT molecular complexity index is 886. The average Bonchev–Trinajstić information content (AvgIpc) is 2.61. The van der Waals surface area contributed by atoms with Crippen LogP contribution in [0.5, 0.6) is 5.75 Å². The number of ether oxygens (including phenoxy) is 1. The van der Waals surface area contributed by atoms with Gasteiger partial charge in [-0.2, -0.15) is 0 Å². The van der Waals surface area contributed by atoms with Crippen LogP contribution < -0.4 is 15.4 Å². The van der Waals surface area contributed by atoms with Gasteiger partial charge in [-0.3, -0.25) is 20.2 Å². The van der Waals surface area contributed by atoms with Gasteiger partial charge < -0.3 is 25.6 Å². The van der Waals surface area contributed by atoms with Gasteiger partial charge >= 0.3 is 6.16 Å². The second-order valence-electron chi connectivity index (χ2n) is 5.07. The highest BCUT2D eigenvalue weighted by molar-refractivity contribution is 5.80. The van der Waals surface area contributed by atoms with Crippen molar-refractivity contribution in [3.63, 3.8) is 0 Å². The molecule has 0 fully saturated rings. The predicted molar refractivity (Wildman–Crippen MR) is 93.7 cm³/mol. The van der Waals surface area contributed by atoms with Gasteiger partial charge in [0.1, 0.15) is 0 Å². The second kappa shape index (κ2) is 8.44. The maximum atomic E-state index is 11.0. The third-order valence-electron chi connectivity index (χ3n) is 3.28. The average molecular weight is 378 g/mol. The molecular formula is C15H14N4O8. The van der Waals surface area contributed by atoms with E-state index in [1.54, 1.807) is 0 Å². The molecule has 2 aromatic rings. The Hall–Kier alpha value is -3.93. The summed E-state index contributed by atoms with van der Waals surface area (Å²) >= 11 is 0. The van der Waals surface area contributed by atoms with Gasteiger partial charge in [0.05, 0.1) is 39.6 Å². The van der Waals surface area contributed by atoms with Crippen LogP contribution in [-0.2, 0) is 0 Å². The smallest absolute Gasteiger partial charge is 0.449 e. The van der Waals surface area contributed by atoms with Crippen molar-refractivity contribution < 1.29 is 29.6 Å². The minimum atomic E-state index is -1.68. The minimum absolute atomic E-state index is 0.0375. The van der Waals surface area contributed by atoms with Crippen LogP contribution in [-0.4, -0.2) is 39.4 Å². The molecule has 0 saturated heterocycles. The maximum absolute atomic E-state index is 11.0. The zero-order chi connectivity index (χ0) is 20.0. The summed E-state index contributed by atoms with van der Waals surface area (Å²) in [6.45, 7) is -0.0351. The fourth-order valence-electron chi connectivity index (χ4n) is 2.15. The van der Waals surface area contributed by atoms with Gasteiger partial charge in [0.25, 0.3) is 11.4 Å². The van der Waals surface area contributed by atoms with Crippen LogP contribution in [0, 0.1) is 20.2 Å². The number of hydrogen-bond donors (Lipinski definition) is 4. The standard InChI is InChI=1S/C15H14N4O8/c20-6-5-16-11-3-1-9(18(23)24)7-13(11)17-12-4-2-10(19(25)26)8-14(12)27-15(21)22/h1-4,7-8,16-17,20H,5-6H2,(H,21,22). The van der Waals surface area contributed by atoms with E-state index in [1.165, 1.54) is 24.3 Å².